The van der Waals surface area contributed by atoms with Crippen LogP contribution in [0.1, 0.15) is 44.7 Å². The molecule has 1 heterocycles. The largest absolute Gasteiger partial charge is 0.506 e. The van der Waals surface area contributed by atoms with Crippen molar-refractivity contribution in [3.63, 3.8) is 0 Å². The molecule has 2 aromatic rings. The Morgan fingerprint density at radius 1 is 1.09 bits per heavy atom. The molecule has 0 bridgehead atoms. The predicted molar refractivity (Wildman–Crippen MR) is 127 cm³/mol. The smallest absolute Gasteiger partial charge is 0.330 e. The van der Waals surface area contributed by atoms with Crippen LogP contribution in [-0.4, -0.2) is 33.6 Å². The number of hydrogen-bond acceptors (Lipinski definition) is 6. The van der Waals surface area contributed by atoms with Gasteiger partial charge in [0.25, 0.3) is 0 Å². The van der Waals surface area contributed by atoms with Crippen LogP contribution in [0.25, 0.3) is 0 Å². The van der Waals surface area contributed by atoms with Crippen LogP contribution in [0, 0.1) is 0 Å². The van der Waals surface area contributed by atoms with E-state index in [0.29, 0.717) is 18.4 Å². The Labute approximate surface area is 195 Å². The highest BCUT2D eigenvalue weighted by Gasteiger charge is 2.30. The summed E-state index contributed by atoms with van der Waals surface area (Å²) < 4.78 is 54.2. The van der Waals surface area contributed by atoms with Gasteiger partial charge in [-0.05, 0) is 60.1 Å². The van der Waals surface area contributed by atoms with Crippen molar-refractivity contribution >= 4 is 25.9 Å². The number of aliphatic hydroxyl groups excluding tert-OH is 1. The van der Waals surface area contributed by atoms with Crippen LogP contribution in [0.3, 0.4) is 0 Å². The van der Waals surface area contributed by atoms with E-state index < -0.39 is 26.1 Å². The highest BCUT2D eigenvalue weighted by atomic mass is 32.2. The highest BCUT2D eigenvalue weighted by molar-refractivity contribution is 7.91. The lowest BCUT2D eigenvalue weighted by atomic mass is 9.82. The van der Waals surface area contributed by atoms with Crippen molar-refractivity contribution in [2.45, 2.75) is 50.3 Å². The first-order valence-corrected chi connectivity index (χ1v) is 13.4. The Balaban J connectivity index is 1.58. The molecule has 0 radical (unpaired) electrons. The molecule has 2 aromatic carbocycles. The number of benzene rings is 2. The standard InChI is InChI=1S/C22H29N3O6S2/c1-4-22(2,3)17-8-10-18(11-9-17)32(28,29)23-13-5-6-16-7-12-19(20(26)14-16)25-15-21(27)24-33(25,30)31/h7-12,14-15,23-24,26-27H,4-6,13H2,1-3H3. The minimum atomic E-state index is -4.00. The molecular formula is C22H29N3O6S2. The molecule has 1 aliphatic rings. The molecule has 0 fully saturated rings. The van der Waals surface area contributed by atoms with E-state index in [2.05, 4.69) is 25.5 Å². The van der Waals surface area contributed by atoms with Crippen molar-refractivity contribution in [2.24, 2.45) is 0 Å². The van der Waals surface area contributed by atoms with E-state index in [4.69, 9.17) is 0 Å². The molecule has 11 heteroatoms. The molecule has 0 aromatic heterocycles. The van der Waals surface area contributed by atoms with Gasteiger partial charge in [0.05, 0.1) is 11.1 Å². The summed E-state index contributed by atoms with van der Waals surface area (Å²) in [5, 5.41) is 19.6. The first kappa shape index (κ1) is 24.9. The summed E-state index contributed by atoms with van der Waals surface area (Å²) >= 11 is 0. The average Bonchev–Trinajstić information content (AvgIpc) is 3.03. The van der Waals surface area contributed by atoms with Gasteiger partial charge in [-0.25, -0.2) is 22.2 Å². The molecule has 0 aliphatic carbocycles. The fourth-order valence-corrected chi connectivity index (χ4v) is 5.51. The van der Waals surface area contributed by atoms with Gasteiger partial charge < -0.3 is 10.2 Å². The number of rotatable bonds is 9. The maximum absolute atomic E-state index is 12.6. The topological polar surface area (TPSA) is 136 Å². The van der Waals surface area contributed by atoms with Gasteiger partial charge in [-0.1, -0.05) is 39.0 Å². The van der Waals surface area contributed by atoms with E-state index in [0.717, 1.165) is 22.5 Å². The Bertz CT molecular complexity index is 1250. The Kier molecular flexibility index (Phi) is 6.96. The Morgan fingerprint density at radius 2 is 1.76 bits per heavy atom. The zero-order chi connectivity index (χ0) is 24.4. The molecule has 1 aliphatic heterocycles. The number of anilines is 1. The number of nitrogens with one attached hydrogen (secondary N) is 2. The van der Waals surface area contributed by atoms with Crippen molar-refractivity contribution in [3.8, 4) is 5.75 Å². The molecule has 9 nitrogen and oxygen atoms in total. The molecule has 0 saturated carbocycles. The fraction of sp³-hybridized carbons (Fsp3) is 0.364. The minimum Gasteiger partial charge on any atom is -0.506 e. The van der Waals surface area contributed by atoms with Crippen molar-refractivity contribution in [2.75, 3.05) is 10.8 Å². The maximum Gasteiger partial charge on any atom is 0.330 e. The van der Waals surface area contributed by atoms with Gasteiger partial charge >= 0.3 is 10.2 Å². The fourth-order valence-electron chi connectivity index (χ4n) is 3.37. The summed E-state index contributed by atoms with van der Waals surface area (Å²) in [5.41, 5.74) is 1.75. The summed E-state index contributed by atoms with van der Waals surface area (Å²) in [5.74, 6) is -0.825. The number of aliphatic hydroxyl groups is 1. The van der Waals surface area contributed by atoms with Gasteiger partial charge in [0.1, 0.15) is 11.4 Å². The average molecular weight is 496 g/mol. The van der Waals surface area contributed by atoms with Crippen molar-refractivity contribution in [1.29, 1.82) is 0 Å². The molecule has 0 saturated heterocycles. The lowest BCUT2D eigenvalue weighted by Gasteiger charge is -2.23. The molecule has 0 spiro atoms. The zero-order valence-corrected chi connectivity index (χ0v) is 20.4. The molecule has 4 N–H and O–H groups in total. The second-order valence-corrected chi connectivity index (χ2v) is 11.8. The summed E-state index contributed by atoms with van der Waals surface area (Å²) in [4.78, 5) is 0.205. The van der Waals surface area contributed by atoms with Crippen LogP contribution in [0.2, 0.25) is 0 Å². The Morgan fingerprint density at radius 3 is 2.30 bits per heavy atom. The molecule has 0 amide bonds. The van der Waals surface area contributed by atoms with Gasteiger partial charge in [0.15, 0.2) is 0 Å². The van der Waals surface area contributed by atoms with Crippen LogP contribution < -0.4 is 13.7 Å². The van der Waals surface area contributed by atoms with Crippen LogP contribution in [0.15, 0.2) is 59.4 Å². The first-order valence-electron chi connectivity index (χ1n) is 10.5. The van der Waals surface area contributed by atoms with E-state index >= 15 is 0 Å². The minimum absolute atomic E-state index is 0.00861. The second-order valence-electron chi connectivity index (χ2n) is 8.50. The third kappa shape index (κ3) is 5.60. The summed E-state index contributed by atoms with van der Waals surface area (Å²) in [7, 11) is -7.63. The number of hydrogen-bond donors (Lipinski definition) is 4. The summed E-state index contributed by atoms with van der Waals surface area (Å²) in [6.45, 7) is 6.52. The third-order valence-electron chi connectivity index (χ3n) is 5.77. The molecule has 180 valence electrons. The summed E-state index contributed by atoms with van der Waals surface area (Å²) in [6.07, 6.45) is 2.84. The molecule has 33 heavy (non-hydrogen) atoms. The molecule has 3 rings (SSSR count). The van der Waals surface area contributed by atoms with E-state index in [-0.39, 0.29) is 28.3 Å². The Hall–Kier alpha value is -2.76. The molecule has 0 unspecified atom stereocenters. The van der Waals surface area contributed by atoms with Crippen LogP contribution in [0.5, 0.6) is 5.75 Å². The van der Waals surface area contributed by atoms with E-state index in [1.165, 1.54) is 12.1 Å². The monoisotopic (exact) mass is 495 g/mol. The normalized spacial score (nSPS) is 15.8. The highest BCUT2D eigenvalue weighted by Crippen LogP contribution is 2.32. The van der Waals surface area contributed by atoms with Gasteiger partial charge in [-0.15, -0.1) is 0 Å². The SMILES string of the molecule is CCC(C)(C)c1ccc(S(=O)(=O)NCCCc2ccc(N3C=C(O)NS3(=O)=O)c(O)c2)cc1. The maximum atomic E-state index is 12.6. The number of aryl methyl sites for hydroxylation is 1. The van der Waals surface area contributed by atoms with Gasteiger partial charge in [0.2, 0.25) is 15.9 Å². The zero-order valence-electron chi connectivity index (χ0n) is 18.7. The number of phenolic OH excluding ortho intramolecular Hbond substituents is 1. The van der Waals surface area contributed by atoms with Crippen molar-refractivity contribution in [3.05, 3.63) is 65.7 Å². The number of nitrogens with zero attached hydrogens (tertiary/aromatic N) is 1. The van der Waals surface area contributed by atoms with E-state index in [9.17, 15) is 27.0 Å². The lowest BCUT2D eigenvalue weighted by molar-refractivity contribution is 0.392. The number of sulfonamides is 1. The first-order chi connectivity index (χ1) is 15.4. The predicted octanol–water partition coefficient (Wildman–Crippen LogP) is 3.00. The van der Waals surface area contributed by atoms with Gasteiger partial charge in [-0.2, -0.15) is 8.42 Å². The third-order valence-corrected chi connectivity index (χ3v) is 8.54. The number of phenols is 1. The van der Waals surface area contributed by atoms with Crippen LogP contribution in [-0.2, 0) is 32.1 Å². The van der Waals surface area contributed by atoms with Crippen LogP contribution in [0.4, 0.5) is 5.69 Å². The second kappa shape index (κ2) is 9.24. The quantitative estimate of drug-likeness (QED) is 0.395. The molecular weight excluding hydrogens is 466 g/mol. The number of aromatic hydroxyl groups is 1. The van der Waals surface area contributed by atoms with E-state index in [1.54, 1.807) is 18.2 Å². The van der Waals surface area contributed by atoms with Crippen molar-refractivity contribution in [1.82, 2.24) is 9.44 Å². The van der Waals surface area contributed by atoms with E-state index in [1.807, 2.05) is 16.9 Å². The van der Waals surface area contributed by atoms with Crippen molar-refractivity contribution < 1.29 is 27.0 Å². The lowest BCUT2D eigenvalue weighted by Crippen LogP contribution is -2.29. The van der Waals surface area contributed by atoms with Gasteiger partial charge in [0, 0.05) is 6.54 Å². The van der Waals surface area contributed by atoms with Gasteiger partial charge in [-0.3, -0.25) is 0 Å². The van der Waals surface area contributed by atoms with Crippen LogP contribution >= 0.6 is 0 Å². The molecule has 0 atom stereocenters. The summed E-state index contributed by atoms with van der Waals surface area (Å²) in [6, 6.07) is 11.4.